The number of ether oxygens (including phenoxy) is 1. The molecular weight excluding hydrogens is 359 g/mol. The van der Waals surface area contributed by atoms with Crippen LogP contribution >= 0.6 is 0 Å². The summed E-state index contributed by atoms with van der Waals surface area (Å²) < 4.78 is 12.9. The Bertz CT molecular complexity index is 749. The van der Waals surface area contributed by atoms with Gasteiger partial charge in [-0.1, -0.05) is 0 Å². The molecule has 0 unspecified atom stereocenters. The van der Waals surface area contributed by atoms with Gasteiger partial charge in [-0.25, -0.2) is 4.79 Å². The van der Waals surface area contributed by atoms with Crippen LogP contribution in [0.15, 0.2) is 12.4 Å². The fourth-order valence-corrected chi connectivity index (χ4v) is 2.62. The minimum atomic E-state index is -1.02. The van der Waals surface area contributed by atoms with Crippen molar-refractivity contribution in [2.45, 2.75) is 77.2 Å². The van der Waals surface area contributed by atoms with E-state index in [4.69, 9.17) is 9.39 Å². The monoisotopic (exact) mass is 389 g/mol. The van der Waals surface area contributed by atoms with Gasteiger partial charge < -0.3 is 19.4 Å². The summed E-state index contributed by atoms with van der Waals surface area (Å²) in [6.45, 7) is 13.1. The maximum atomic E-state index is 12.2. The Balaban J connectivity index is 2.05. The van der Waals surface area contributed by atoms with Gasteiger partial charge >= 0.3 is 13.6 Å². The number of hydrogen-bond donors (Lipinski definition) is 1. The van der Waals surface area contributed by atoms with Crippen molar-refractivity contribution in [1.82, 2.24) is 14.7 Å². The van der Waals surface area contributed by atoms with Crippen molar-refractivity contribution in [2.24, 2.45) is 0 Å². The van der Waals surface area contributed by atoms with E-state index in [0.29, 0.717) is 18.6 Å². The van der Waals surface area contributed by atoms with E-state index in [-0.39, 0.29) is 6.42 Å². The highest BCUT2D eigenvalue weighted by molar-refractivity contribution is 6.46. The molecule has 2 rings (SSSR count). The van der Waals surface area contributed by atoms with E-state index in [1.54, 1.807) is 57.2 Å². The molecular formula is C19H30BN4O4. The van der Waals surface area contributed by atoms with Gasteiger partial charge in [0.25, 0.3) is 0 Å². The Morgan fingerprint density at radius 2 is 1.93 bits per heavy atom. The third kappa shape index (κ3) is 4.86. The van der Waals surface area contributed by atoms with E-state index in [1.807, 2.05) is 20.8 Å². The molecule has 0 atom stereocenters. The third-order valence-corrected chi connectivity index (χ3v) is 5.08. The highest BCUT2D eigenvalue weighted by atomic mass is 16.6. The molecule has 0 saturated carbocycles. The van der Waals surface area contributed by atoms with Crippen LogP contribution < -0.4 is 5.46 Å². The highest BCUT2D eigenvalue weighted by Crippen LogP contribution is 2.32. The number of aliphatic hydroxyl groups is 1. The number of nitriles is 1. The van der Waals surface area contributed by atoms with E-state index in [2.05, 4.69) is 11.2 Å². The van der Waals surface area contributed by atoms with Crippen molar-refractivity contribution < 1.29 is 19.3 Å². The molecule has 1 fully saturated rings. The first-order valence-corrected chi connectivity index (χ1v) is 9.33. The van der Waals surface area contributed by atoms with Gasteiger partial charge in [-0.2, -0.15) is 10.4 Å². The van der Waals surface area contributed by atoms with Crippen LogP contribution in [-0.2, 0) is 14.9 Å². The predicted octanol–water partition coefficient (Wildman–Crippen LogP) is 1.55. The summed E-state index contributed by atoms with van der Waals surface area (Å²) in [6.07, 6.45) is 3.25. The van der Waals surface area contributed by atoms with Crippen LogP contribution in [0.4, 0.5) is 4.79 Å². The average Bonchev–Trinajstić information content (AvgIpc) is 2.94. The first kappa shape index (κ1) is 22.2. The molecule has 1 aromatic heterocycles. The fourth-order valence-electron chi connectivity index (χ4n) is 2.62. The molecule has 9 heteroatoms. The summed E-state index contributed by atoms with van der Waals surface area (Å²) in [7, 11) is 1.55. The zero-order chi connectivity index (χ0) is 21.4. The molecule has 1 N–H and O–H groups in total. The van der Waals surface area contributed by atoms with Crippen molar-refractivity contribution in [2.75, 3.05) is 13.1 Å². The Morgan fingerprint density at radius 3 is 2.43 bits per heavy atom. The Kier molecular flexibility index (Phi) is 5.89. The molecule has 1 radical (unpaired) electrons. The quantitative estimate of drug-likeness (QED) is 0.741. The molecule has 28 heavy (non-hydrogen) atoms. The normalized spacial score (nSPS) is 16.9. The predicted molar refractivity (Wildman–Crippen MR) is 105 cm³/mol. The number of hydrogen-bond acceptors (Lipinski definition) is 6. The summed E-state index contributed by atoms with van der Waals surface area (Å²) in [4.78, 5) is 13.8. The van der Waals surface area contributed by atoms with Gasteiger partial charge in [0.05, 0.1) is 36.8 Å². The molecule has 2 heterocycles. The lowest BCUT2D eigenvalue weighted by molar-refractivity contribution is -0.0893. The van der Waals surface area contributed by atoms with E-state index in [9.17, 15) is 15.2 Å². The van der Waals surface area contributed by atoms with Crippen LogP contribution in [0.5, 0.6) is 0 Å². The van der Waals surface area contributed by atoms with E-state index in [1.165, 1.54) is 0 Å². The summed E-state index contributed by atoms with van der Waals surface area (Å²) in [5.74, 6) is 0. The Hall–Kier alpha value is -2.05. The van der Waals surface area contributed by atoms with Crippen molar-refractivity contribution in [3.8, 4) is 6.07 Å². The number of likely N-dealkylation sites (tertiary alicyclic amines) is 1. The smallest absolute Gasteiger partial charge is 0.410 e. The first-order chi connectivity index (χ1) is 12.7. The number of amides is 1. The number of carbonyl (C=O) groups is 1. The zero-order valence-electron chi connectivity index (χ0n) is 17.8. The standard InChI is InChI=1S/C19H30BN4O4/c1-16(2,3)27-15(25)23-12-19(13-23,8-9-21)24-11-14(10-22-24)20-28-18(6,7)17(4,5)26/h10-11,26H,8,12-13H2,1-7H3. The van der Waals surface area contributed by atoms with Crippen LogP contribution in [0.1, 0.15) is 54.9 Å². The zero-order valence-corrected chi connectivity index (χ0v) is 17.8. The first-order valence-electron chi connectivity index (χ1n) is 9.33. The van der Waals surface area contributed by atoms with Gasteiger partial charge in [-0.3, -0.25) is 4.68 Å². The summed E-state index contributed by atoms with van der Waals surface area (Å²) >= 11 is 0. The van der Waals surface area contributed by atoms with Gasteiger partial charge in [0.2, 0.25) is 0 Å². The highest BCUT2D eigenvalue weighted by Gasteiger charge is 2.49. The van der Waals surface area contributed by atoms with E-state index in [0.717, 1.165) is 0 Å². The minimum Gasteiger partial charge on any atom is -0.444 e. The maximum Gasteiger partial charge on any atom is 0.410 e. The summed E-state index contributed by atoms with van der Waals surface area (Å²) in [6, 6.07) is 2.19. The number of aromatic nitrogens is 2. The molecule has 0 bridgehead atoms. The lowest BCUT2D eigenvalue weighted by atomic mass is 9.83. The van der Waals surface area contributed by atoms with Crippen LogP contribution in [0.3, 0.4) is 0 Å². The second-order valence-electron chi connectivity index (χ2n) is 9.42. The lowest BCUT2D eigenvalue weighted by Crippen LogP contribution is -2.64. The number of rotatable bonds is 6. The molecule has 153 valence electrons. The molecule has 8 nitrogen and oxygen atoms in total. The van der Waals surface area contributed by atoms with Gasteiger partial charge in [0.15, 0.2) is 0 Å². The lowest BCUT2D eigenvalue weighted by Gasteiger charge is -2.48. The second kappa shape index (κ2) is 7.41. The molecule has 1 aliphatic rings. The van der Waals surface area contributed by atoms with E-state index >= 15 is 0 Å². The van der Waals surface area contributed by atoms with Crippen molar-refractivity contribution >= 4 is 19.0 Å². The number of nitrogens with zero attached hydrogens (tertiary/aromatic N) is 4. The van der Waals surface area contributed by atoms with Gasteiger partial charge in [0, 0.05) is 12.4 Å². The van der Waals surface area contributed by atoms with E-state index < -0.39 is 28.4 Å². The number of carbonyl (C=O) groups excluding carboxylic acids is 1. The van der Waals surface area contributed by atoms with Crippen molar-refractivity contribution in [1.29, 1.82) is 5.26 Å². The van der Waals surface area contributed by atoms with Crippen molar-refractivity contribution in [3.05, 3.63) is 12.4 Å². The van der Waals surface area contributed by atoms with Crippen LogP contribution in [0.2, 0.25) is 0 Å². The topological polar surface area (TPSA) is 101 Å². The van der Waals surface area contributed by atoms with Crippen LogP contribution in [0.25, 0.3) is 0 Å². The van der Waals surface area contributed by atoms with Gasteiger partial charge in [-0.15, -0.1) is 0 Å². The van der Waals surface area contributed by atoms with Gasteiger partial charge in [-0.05, 0) is 53.9 Å². The minimum absolute atomic E-state index is 0.226. The van der Waals surface area contributed by atoms with Crippen LogP contribution in [-0.4, -0.2) is 63.3 Å². The molecule has 1 amide bonds. The molecule has 0 spiro atoms. The largest absolute Gasteiger partial charge is 0.444 e. The third-order valence-electron chi connectivity index (χ3n) is 5.08. The van der Waals surface area contributed by atoms with Gasteiger partial charge in [0.1, 0.15) is 11.1 Å². The Morgan fingerprint density at radius 1 is 1.32 bits per heavy atom. The van der Waals surface area contributed by atoms with Crippen molar-refractivity contribution in [3.63, 3.8) is 0 Å². The SMILES string of the molecule is CC(C)(C)OC(=O)N1CC(CC#N)(n2cc([B]OC(C)(C)C(C)(C)O)cn2)C1. The molecule has 1 saturated heterocycles. The second-order valence-corrected chi connectivity index (χ2v) is 9.42. The molecule has 0 aliphatic carbocycles. The average molecular weight is 389 g/mol. The molecule has 1 aliphatic heterocycles. The Labute approximate surface area is 167 Å². The van der Waals surface area contributed by atoms with Crippen LogP contribution in [0, 0.1) is 11.3 Å². The molecule has 1 aromatic rings. The summed E-state index contributed by atoms with van der Waals surface area (Å²) in [5.41, 5.74) is -2.25. The molecule has 0 aromatic carbocycles. The fraction of sp³-hybridized carbons (Fsp3) is 0.737. The maximum absolute atomic E-state index is 12.2. The summed E-state index contributed by atoms with van der Waals surface area (Å²) in [5, 5.41) is 23.8.